The molecule has 1 aromatic rings. The van der Waals surface area contributed by atoms with E-state index in [1.807, 2.05) is 0 Å². The highest BCUT2D eigenvalue weighted by Crippen LogP contribution is 2.16. The first-order chi connectivity index (χ1) is 9.52. The number of rotatable bonds is 9. The van der Waals surface area contributed by atoms with Crippen molar-refractivity contribution < 1.29 is 9.31 Å². The van der Waals surface area contributed by atoms with E-state index in [-0.39, 0.29) is 5.69 Å². The Kier molecular flexibility index (Phi) is 7.15. The molecule has 0 aromatic heterocycles. The summed E-state index contributed by atoms with van der Waals surface area (Å²) in [5.41, 5.74) is 0.412. The van der Waals surface area contributed by atoms with E-state index in [9.17, 15) is 14.5 Å². The van der Waals surface area contributed by atoms with Crippen LogP contribution in [0.5, 0.6) is 0 Å². The Balaban J connectivity index is 2.42. The van der Waals surface area contributed by atoms with Crippen molar-refractivity contribution in [1.82, 2.24) is 5.32 Å². The van der Waals surface area contributed by atoms with Crippen molar-refractivity contribution in [1.29, 1.82) is 0 Å². The highest BCUT2D eigenvalue weighted by Gasteiger charge is 2.10. The lowest BCUT2D eigenvalue weighted by molar-refractivity contribution is -0.385. The van der Waals surface area contributed by atoms with Crippen molar-refractivity contribution in [3.63, 3.8) is 0 Å². The minimum absolute atomic E-state index is 0.197. The predicted molar refractivity (Wildman–Crippen MR) is 78.1 cm³/mol. The number of non-ortho nitro benzene ring substituents is 1. The standard InChI is InChI=1S/C15H23FN2O2/c1-3-4-5-6-7-12(2)17-11-13-8-14(16)10-15(9-13)18(19)20/h8-10,12,17H,3-7,11H2,1-2H3. The fraction of sp³-hybridized carbons (Fsp3) is 0.600. The second kappa shape index (κ2) is 8.64. The molecule has 0 aliphatic carbocycles. The topological polar surface area (TPSA) is 55.2 Å². The number of nitrogens with one attached hydrogen (secondary N) is 1. The third-order valence-corrected chi connectivity index (χ3v) is 3.30. The Morgan fingerprint density at radius 2 is 2.05 bits per heavy atom. The number of nitro benzene ring substituents is 1. The van der Waals surface area contributed by atoms with E-state index in [1.165, 1.54) is 37.8 Å². The molecule has 0 amide bonds. The lowest BCUT2D eigenvalue weighted by atomic mass is 10.1. The van der Waals surface area contributed by atoms with Gasteiger partial charge in [-0.1, -0.05) is 32.6 Å². The van der Waals surface area contributed by atoms with Crippen LogP contribution in [0.1, 0.15) is 51.5 Å². The highest BCUT2D eigenvalue weighted by molar-refractivity contribution is 5.35. The molecule has 112 valence electrons. The molecule has 0 radical (unpaired) electrons. The highest BCUT2D eigenvalue weighted by atomic mass is 19.1. The molecule has 1 rings (SSSR count). The third kappa shape index (κ3) is 6.10. The minimum atomic E-state index is -0.569. The van der Waals surface area contributed by atoms with Gasteiger partial charge in [0.05, 0.1) is 11.0 Å². The number of nitrogens with zero attached hydrogens (tertiary/aromatic N) is 1. The Hall–Kier alpha value is -1.49. The molecule has 0 aliphatic rings. The molecular weight excluding hydrogens is 259 g/mol. The second-order valence-corrected chi connectivity index (χ2v) is 5.21. The Labute approximate surface area is 119 Å². The SMILES string of the molecule is CCCCCCC(C)NCc1cc(F)cc([N+](=O)[O-])c1. The van der Waals surface area contributed by atoms with Gasteiger partial charge in [0, 0.05) is 18.7 Å². The molecule has 0 spiro atoms. The molecule has 0 fully saturated rings. The number of hydrogen-bond donors (Lipinski definition) is 1. The van der Waals surface area contributed by atoms with Crippen LogP contribution in [0.25, 0.3) is 0 Å². The van der Waals surface area contributed by atoms with Crippen molar-refractivity contribution >= 4 is 5.69 Å². The average Bonchev–Trinajstić information content (AvgIpc) is 2.40. The zero-order valence-electron chi connectivity index (χ0n) is 12.2. The van der Waals surface area contributed by atoms with Crippen LogP contribution in [0.2, 0.25) is 0 Å². The summed E-state index contributed by atoms with van der Waals surface area (Å²) in [7, 11) is 0. The molecule has 0 saturated heterocycles. The van der Waals surface area contributed by atoms with Crippen LogP contribution in [0.3, 0.4) is 0 Å². The first-order valence-electron chi connectivity index (χ1n) is 7.20. The molecule has 4 nitrogen and oxygen atoms in total. The van der Waals surface area contributed by atoms with Crippen LogP contribution in [-0.2, 0) is 6.54 Å². The predicted octanol–water partition coefficient (Wildman–Crippen LogP) is 4.18. The Morgan fingerprint density at radius 1 is 1.30 bits per heavy atom. The Bertz CT molecular complexity index is 438. The summed E-state index contributed by atoms with van der Waals surface area (Å²) in [6.07, 6.45) is 5.94. The van der Waals surface area contributed by atoms with E-state index in [0.29, 0.717) is 18.2 Å². The summed E-state index contributed by atoms with van der Waals surface area (Å²) < 4.78 is 13.3. The molecule has 1 N–H and O–H groups in total. The zero-order chi connectivity index (χ0) is 15.0. The first kappa shape index (κ1) is 16.6. The molecule has 0 saturated carbocycles. The second-order valence-electron chi connectivity index (χ2n) is 5.21. The lowest BCUT2D eigenvalue weighted by Gasteiger charge is -2.13. The maximum Gasteiger partial charge on any atom is 0.272 e. The largest absolute Gasteiger partial charge is 0.310 e. The summed E-state index contributed by atoms with van der Waals surface area (Å²) in [6.45, 7) is 4.71. The van der Waals surface area contributed by atoms with Gasteiger partial charge >= 0.3 is 0 Å². The average molecular weight is 282 g/mol. The summed E-state index contributed by atoms with van der Waals surface area (Å²) in [5, 5.41) is 13.9. The number of hydrogen-bond acceptors (Lipinski definition) is 3. The van der Waals surface area contributed by atoms with E-state index < -0.39 is 10.7 Å². The number of unbranched alkanes of at least 4 members (excludes halogenated alkanes) is 3. The summed E-state index contributed by atoms with van der Waals surface area (Å²) >= 11 is 0. The fourth-order valence-electron chi connectivity index (χ4n) is 2.11. The first-order valence-corrected chi connectivity index (χ1v) is 7.20. The number of benzene rings is 1. The van der Waals surface area contributed by atoms with E-state index in [2.05, 4.69) is 19.2 Å². The van der Waals surface area contributed by atoms with Crippen molar-refractivity contribution in [3.05, 3.63) is 39.7 Å². The van der Waals surface area contributed by atoms with Crippen molar-refractivity contribution in [2.24, 2.45) is 0 Å². The van der Waals surface area contributed by atoms with Gasteiger partial charge in [-0.25, -0.2) is 4.39 Å². The molecule has 0 heterocycles. The van der Waals surface area contributed by atoms with Crippen LogP contribution in [0, 0.1) is 15.9 Å². The van der Waals surface area contributed by atoms with Gasteiger partial charge in [0.1, 0.15) is 5.82 Å². The lowest BCUT2D eigenvalue weighted by Crippen LogP contribution is -2.25. The van der Waals surface area contributed by atoms with Gasteiger partial charge in [0.2, 0.25) is 0 Å². The van der Waals surface area contributed by atoms with E-state index in [4.69, 9.17) is 0 Å². The summed E-state index contributed by atoms with van der Waals surface area (Å²) in [5.74, 6) is -0.563. The van der Waals surface area contributed by atoms with E-state index >= 15 is 0 Å². The normalized spacial score (nSPS) is 12.3. The van der Waals surface area contributed by atoms with Gasteiger partial charge in [-0.05, 0) is 25.0 Å². The minimum Gasteiger partial charge on any atom is -0.310 e. The van der Waals surface area contributed by atoms with Gasteiger partial charge in [-0.2, -0.15) is 0 Å². The maximum absolute atomic E-state index is 13.3. The maximum atomic E-state index is 13.3. The van der Waals surface area contributed by atoms with Crippen molar-refractivity contribution in [3.8, 4) is 0 Å². The summed E-state index contributed by atoms with van der Waals surface area (Å²) in [4.78, 5) is 10.1. The van der Waals surface area contributed by atoms with Gasteiger partial charge in [-0.15, -0.1) is 0 Å². The molecule has 0 aliphatic heterocycles. The van der Waals surface area contributed by atoms with E-state index in [0.717, 1.165) is 12.5 Å². The van der Waals surface area contributed by atoms with Crippen LogP contribution in [0.4, 0.5) is 10.1 Å². The zero-order valence-corrected chi connectivity index (χ0v) is 12.2. The van der Waals surface area contributed by atoms with Gasteiger partial charge in [-0.3, -0.25) is 10.1 Å². The van der Waals surface area contributed by atoms with Gasteiger partial charge in [0.15, 0.2) is 0 Å². The molecular formula is C15H23FN2O2. The molecule has 1 atom stereocenters. The number of nitro groups is 1. The smallest absolute Gasteiger partial charge is 0.272 e. The summed E-state index contributed by atoms with van der Waals surface area (Å²) in [6, 6.07) is 4.02. The van der Waals surface area contributed by atoms with Crippen molar-refractivity contribution in [2.75, 3.05) is 0 Å². The van der Waals surface area contributed by atoms with Crippen LogP contribution < -0.4 is 5.32 Å². The Morgan fingerprint density at radius 3 is 2.70 bits per heavy atom. The van der Waals surface area contributed by atoms with Crippen LogP contribution in [-0.4, -0.2) is 11.0 Å². The quantitative estimate of drug-likeness (QED) is 0.420. The van der Waals surface area contributed by atoms with Gasteiger partial charge in [0.25, 0.3) is 5.69 Å². The third-order valence-electron chi connectivity index (χ3n) is 3.30. The fourth-order valence-corrected chi connectivity index (χ4v) is 2.11. The molecule has 5 heteroatoms. The van der Waals surface area contributed by atoms with E-state index in [1.54, 1.807) is 0 Å². The molecule has 20 heavy (non-hydrogen) atoms. The van der Waals surface area contributed by atoms with Gasteiger partial charge < -0.3 is 5.32 Å². The number of halogens is 1. The van der Waals surface area contributed by atoms with Crippen molar-refractivity contribution in [2.45, 2.75) is 58.5 Å². The van der Waals surface area contributed by atoms with Crippen LogP contribution >= 0.6 is 0 Å². The molecule has 1 aromatic carbocycles. The monoisotopic (exact) mass is 282 g/mol. The molecule has 1 unspecified atom stereocenters. The van der Waals surface area contributed by atoms with Crippen LogP contribution in [0.15, 0.2) is 18.2 Å². The molecule has 0 bridgehead atoms.